The summed E-state index contributed by atoms with van der Waals surface area (Å²) in [4.78, 5) is 11.3. The van der Waals surface area contributed by atoms with Gasteiger partial charge < -0.3 is 9.15 Å². The van der Waals surface area contributed by atoms with Crippen molar-refractivity contribution in [3.05, 3.63) is 72.5 Å². The summed E-state index contributed by atoms with van der Waals surface area (Å²) < 4.78 is 11.5. The summed E-state index contributed by atoms with van der Waals surface area (Å²) in [5.41, 5.74) is 0.814. The Bertz CT molecular complexity index is 757. The first-order chi connectivity index (χ1) is 10.2. The second-order valence-electron chi connectivity index (χ2n) is 4.63. The normalized spacial score (nSPS) is 10.3. The molecule has 0 fully saturated rings. The van der Waals surface area contributed by atoms with E-state index >= 15 is 0 Å². The van der Waals surface area contributed by atoms with Crippen LogP contribution in [0.25, 0.3) is 11.3 Å². The highest BCUT2D eigenvalue weighted by atomic mass is 16.5. The highest BCUT2D eigenvalue weighted by molar-refractivity contribution is 5.92. The third-order valence-electron chi connectivity index (χ3n) is 3.08. The lowest BCUT2D eigenvalue weighted by Crippen LogP contribution is -1.88. The van der Waals surface area contributed by atoms with E-state index < -0.39 is 0 Å². The van der Waals surface area contributed by atoms with Crippen LogP contribution in [0.5, 0.6) is 11.5 Å². The average Bonchev–Trinajstić information content (AvgIpc) is 2.99. The number of ketones is 1. The van der Waals surface area contributed by atoms with E-state index in [4.69, 9.17) is 9.15 Å². The molecule has 0 aliphatic carbocycles. The Morgan fingerprint density at radius 3 is 2.33 bits per heavy atom. The smallest absolute Gasteiger partial charge is 0.194 e. The SMILES string of the molecule is CC(=O)c1ccc(-c2ccccc2Oc2ccccc2)o1. The predicted octanol–water partition coefficient (Wildman–Crippen LogP) is 4.94. The molecule has 0 amide bonds. The van der Waals surface area contributed by atoms with Gasteiger partial charge in [-0.2, -0.15) is 0 Å². The average molecular weight is 278 g/mol. The molecule has 0 saturated heterocycles. The Morgan fingerprint density at radius 2 is 1.62 bits per heavy atom. The summed E-state index contributed by atoms with van der Waals surface area (Å²) in [5, 5.41) is 0. The van der Waals surface area contributed by atoms with E-state index in [2.05, 4.69) is 0 Å². The quantitative estimate of drug-likeness (QED) is 0.634. The largest absolute Gasteiger partial charge is 0.457 e. The van der Waals surface area contributed by atoms with E-state index in [1.165, 1.54) is 6.92 Å². The van der Waals surface area contributed by atoms with Crippen LogP contribution in [0.1, 0.15) is 17.5 Å². The first-order valence-corrected chi connectivity index (χ1v) is 6.67. The van der Waals surface area contributed by atoms with Gasteiger partial charge in [0.25, 0.3) is 0 Å². The van der Waals surface area contributed by atoms with Crippen molar-refractivity contribution in [3.63, 3.8) is 0 Å². The highest BCUT2D eigenvalue weighted by Gasteiger charge is 2.12. The van der Waals surface area contributed by atoms with Gasteiger partial charge in [-0.05, 0) is 36.4 Å². The maximum absolute atomic E-state index is 11.3. The van der Waals surface area contributed by atoms with E-state index in [0.717, 1.165) is 11.3 Å². The molecule has 1 aromatic heterocycles. The van der Waals surface area contributed by atoms with Crippen LogP contribution in [0.3, 0.4) is 0 Å². The van der Waals surface area contributed by atoms with Gasteiger partial charge in [0.2, 0.25) is 0 Å². The number of carbonyl (C=O) groups excluding carboxylic acids is 1. The van der Waals surface area contributed by atoms with Crippen LogP contribution >= 0.6 is 0 Å². The maximum atomic E-state index is 11.3. The molecular weight excluding hydrogens is 264 g/mol. The number of hydrogen-bond donors (Lipinski definition) is 0. The van der Waals surface area contributed by atoms with Crippen molar-refractivity contribution in [2.75, 3.05) is 0 Å². The van der Waals surface area contributed by atoms with Crippen LogP contribution in [-0.4, -0.2) is 5.78 Å². The molecule has 104 valence electrons. The van der Waals surface area contributed by atoms with Crippen LogP contribution < -0.4 is 4.74 Å². The Labute approximate surface area is 122 Å². The number of rotatable bonds is 4. The minimum Gasteiger partial charge on any atom is -0.457 e. The van der Waals surface area contributed by atoms with Crippen LogP contribution in [0.15, 0.2) is 71.1 Å². The van der Waals surface area contributed by atoms with Crippen molar-refractivity contribution >= 4 is 5.78 Å². The number of hydrogen-bond acceptors (Lipinski definition) is 3. The number of benzene rings is 2. The number of ether oxygens (including phenoxy) is 1. The third kappa shape index (κ3) is 2.87. The van der Waals surface area contributed by atoms with Crippen molar-refractivity contribution in [1.82, 2.24) is 0 Å². The molecule has 1 heterocycles. The minimum absolute atomic E-state index is 0.0947. The molecule has 0 saturated carbocycles. The monoisotopic (exact) mass is 278 g/mol. The topological polar surface area (TPSA) is 39.4 Å². The number of carbonyl (C=O) groups is 1. The summed E-state index contributed by atoms with van der Waals surface area (Å²) >= 11 is 0. The first kappa shape index (κ1) is 13.2. The Kier molecular flexibility index (Phi) is 3.56. The lowest BCUT2D eigenvalue weighted by atomic mass is 10.1. The summed E-state index contributed by atoms with van der Waals surface area (Å²) in [7, 11) is 0. The summed E-state index contributed by atoms with van der Waals surface area (Å²) in [6.45, 7) is 1.48. The van der Waals surface area contributed by atoms with Gasteiger partial charge in [0.15, 0.2) is 11.5 Å². The number of para-hydroxylation sites is 2. The lowest BCUT2D eigenvalue weighted by molar-refractivity contribution is 0.0988. The second kappa shape index (κ2) is 5.67. The van der Waals surface area contributed by atoms with E-state index in [-0.39, 0.29) is 5.78 Å². The van der Waals surface area contributed by atoms with Gasteiger partial charge in [-0.15, -0.1) is 0 Å². The standard InChI is InChI=1S/C18H14O3/c1-13(19)16-11-12-18(21-16)15-9-5-6-10-17(15)20-14-7-3-2-4-8-14/h2-12H,1H3. The zero-order chi connectivity index (χ0) is 14.7. The molecule has 3 aromatic rings. The fourth-order valence-corrected chi connectivity index (χ4v) is 2.05. The second-order valence-corrected chi connectivity index (χ2v) is 4.63. The number of furan rings is 1. The zero-order valence-corrected chi connectivity index (χ0v) is 11.6. The van der Waals surface area contributed by atoms with E-state index in [9.17, 15) is 4.79 Å². The Hall–Kier alpha value is -2.81. The molecule has 0 bridgehead atoms. The van der Waals surface area contributed by atoms with Crippen LogP contribution in [0.4, 0.5) is 0 Å². The van der Waals surface area contributed by atoms with Gasteiger partial charge in [-0.25, -0.2) is 0 Å². The molecule has 0 atom stereocenters. The molecule has 0 radical (unpaired) electrons. The van der Waals surface area contributed by atoms with Crippen molar-refractivity contribution in [1.29, 1.82) is 0 Å². The molecule has 2 aromatic carbocycles. The summed E-state index contributed by atoms with van der Waals surface area (Å²) in [5.74, 6) is 2.31. The maximum Gasteiger partial charge on any atom is 0.194 e. The first-order valence-electron chi connectivity index (χ1n) is 6.67. The zero-order valence-electron chi connectivity index (χ0n) is 11.6. The Morgan fingerprint density at radius 1 is 0.905 bits per heavy atom. The fourth-order valence-electron chi connectivity index (χ4n) is 2.05. The Balaban J connectivity index is 1.97. The van der Waals surface area contributed by atoms with Gasteiger partial charge >= 0.3 is 0 Å². The third-order valence-corrected chi connectivity index (χ3v) is 3.08. The molecule has 3 rings (SSSR count). The van der Waals surface area contributed by atoms with E-state index in [1.807, 2.05) is 54.6 Å². The summed E-state index contributed by atoms with van der Waals surface area (Å²) in [6, 6.07) is 20.6. The predicted molar refractivity (Wildman–Crippen MR) is 80.7 cm³/mol. The molecule has 0 aliphatic heterocycles. The molecule has 0 N–H and O–H groups in total. The van der Waals surface area contributed by atoms with E-state index in [1.54, 1.807) is 12.1 Å². The molecule has 0 aliphatic rings. The van der Waals surface area contributed by atoms with Crippen molar-refractivity contribution in [2.24, 2.45) is 0 Å². The van der Waals surface area contributed by atoms with Crippen LogP contribution in [-0.2, 0) is 0 Å². The van der Waals surface area contributed by atoms with Gasteiger partial charge in [0.1, 0.15) is 17.3 Å². The lowest BCUT2D eigenvalue weighted by Gasteiger charge is -2.09. The number of Topliss-reactive ketones (excluding diaryl/α,β-unsaturated/α-hetero) is 1. The van der Waals surface area contributed by atoms with Gasteiger partial charge in [0.05, 0.1) is 5.56 Å². The van der Waals surface area contributed by atoms with Gasteiger partial charge in [-0.3, -0.25) is 4.79 Å². The minimum atomic E-state index is -0.0947. The molecule has 0 unspecified atom stereocenters. The molecular formula is C18H14O3. The fraction of sp³-hybridized carbons (Fsp3) is 0.0556. The molecule has 3 heteroatoms. The molecule has 3 nitrogen and oxygen atoms in total. The van der Waals surface area contributed by atoms with Crippen molar-refractivity contribution in [2.45, 2.75) is 6.92 Å². The van der Waals surface area contributed by atoms with Crippen molar-refractivity contribution in [3.8, 4) is 22.8 Å². The summed E-state index contributed by atoms with van der Waals surface area (Å²) in [6.07, 6.45) is 0. The van der Waals surface area contributed by atoms with Crippen LogP contribution in [0.2, 0.25) is 0 Å². The van der Waals surface area contributed by atoms with Gasteiger partial charge in [0, 0.05) is 6.92 Å². The highest BCUT2D eigenvalue weighted by Crippen LogP contribution is 2.34. The molecule has 0 spiro atoms. The van der Waals surface area contributed by atoms with Crippen molar-refractivity contribution < 1.29 is 13.9 Å². The van der Waals surface area contributed by atoms with E-state index in [0.29, 0.717) is 17.3 Å². The van der Waals surface area contributed by atoms with Gasteiger partial charge in [-0.1, -0.05) is 30.3 Å². The molecule has 21 heavy (non-hydrogen) atoms. The van der Waals surface area contributed by atoms with Crippen LogP contribution in [0, 0.1) is 0 Å².